The molecule has 96 valence electrons. The Balaban J connectivity index is 2.08. The van der Waals surface area contributed by atoms with Crippen LogP contribution < -0.4 is 5.32 Å². The number of nitrogens with zero attached hydrogens (tertiary/aromatic N) is 4. The molecule has 0 aliphatic carbocycles. The fourth-order valence-electron chi connectivity index (χ4n) is 1.62. The van der Waals surface area contributed by atoms with Crippen molar-refractivity contribution >= 4 is 0 Å². The molecule has 18 heavy (non-hydrogen) atoms. The van der Waals surface area contributed by atoms with E-state index in [0.29, 0.717) is 30.0 Å². The second kappa shape index (κ2) is 5.68. The largest absolute Gasteiger partial charge is 0.339 e. The summed E-state index contributed by atoms with van der Waals surface area (Å²) in [6, 6.07) is 0.308. The van der Waals surface area contributed by atoms with Crippen LogP contribution in [0.3, 0.4) is 0 Å². The van der Waals surface area contributed by atoms with Crippen LogP contribution in [0.15, 0.2) is 16.9 Å². The second-order valence-corrected chi connectivity index (χ2v) is 4.26. The highest BCUT2D eigenvalue weighted by Gasteiger charge is 2.13. The first-order chi connectivity index (χ1) is 8.69. The van der Waals surface area contributed by atoms with Gasteiger partial charge in [0.15, 0.2) is 0 Å². The van der Waals surface area contributed by atoms with Gasteiger partial charge in [0, 0.05) is 24.9 Å². The van der Waals surface area contributed by atoms with E-state index in [4.69, 9.17) is 4.52 Å². The van der Waals surface area contributed by atoms with Gasteiger partial charge in [-0.15, -0.1) is 0 Å². The molecule has 2 heterocycles. The quantitative estimate of drug-likeness (QED) is 0.860. The molecule has 0 spiro atoms. The summed E-state index contributed by atoms with van der Waals surface area (Å²) in [6.07, 6.45) is 4.17. The van der Waals surface area contributed by atoms with Crippen LogP contribution in [-0.2, 0) is 6.42 Å². The predicted molar refractivity (Wildman–Crippen MR) is 66.9 cm³/mol. The van der Waals surface area contributed by atoms with E-state index in [1.807, 2.05) is 6.92 Å². The summed E-state index contributed by atoms with van der Waals surface area (Å²) in [4.78, 5) is 12.6. The second-order valence-electron chi connectivity index (χ2n) is 4.26. The Labute approximate surface area is 106 Å². The molecule has 0 aliphatic heterocycles. The molecule has 1 unspecified atom stereocenters. The highest BCUT2D eigenvalue weighted by atomic mass is 16.5. The molecule has 0 fully saturated rings. The maximum absolute atomic E-state index is 5.19. The van der Waals surface area contributed by atoms with Crippen LogP contribution >= 0.6 is 0 Å². The Morgan fingerprint density at radius 1 is 1.28 bits per heavy atom. The first-order valence-electron chi connectivity index (χ1n) is 6.04. The summed E-state index contributed by atoms with van der Waals surface area (Å²) < 4.78 is 5.19. The van der Waals surface area contributed by atoms with Gasteiger partial charge in [-0.3, -0.25) is 0 Å². The maximum Gasteiger partial charge on any atom is 0.240 e. The van der Waals surface area contributed by atoms with Gasteiger partial charge in [-0.05, 0) is 26.0 Å². The zero-order valence-corrected chi connectivity index (χ0v) is 10.8. The van der Waals surface area contributed by atoms with E-state index in [-0.39, 0.29) is 0 Å². The fourth-order valence-corrected chi connectivity index (χ4v) is 1.62. The number of hydrogen-bond acceptors (Lipinski definition) is 6. The summed E-state index contributed by atoms with van der Waals surface area (Å²) in [5.74, 6) is 1.53. The number of aromatic nitrogens is 4. The molecule has 0 bridgehead atoms. The molecule has 2 rings (SSSR count). The van der Waals surface area contributed by atoms with Gasteiger partial charge in [0.05, 0.1) is 0 Å². The normalized spacial score (nSPS) is 12.6. The third-order valence-corrected chi connectivity index (χ3v) is 2.48. The summed E-state index contributed by atoms with van der Waals surface area (Å²) in [6.45, 7) is 7.00. The molecular formula is C12H17N5O. The third-order valence-electron chi connectivity index (χ3n) is 2.48. The molecule has 0 saturated carbocycles. The Hall–Kier alpha value is -1.82. The number of rotatable bonds is 5. The smallest absolute Gasteiger partial charge is 0.240 e. The molecule has 0 radical (unpaired) electrons. The van der Waals surface area contributed by atoms with Crippen molar-refractivity contribution in [3.63, 3.8) is 0 Å². The lowest BCUT2D eigenvalue weighted by Crippen LogP contribution is -2.27. The molecular weight excluding hydrogens is 230 g/mol. The molecule has 2 aromatic rings. The monoisotopic (exact) mass is 247 g/mol. The first-order valence-corrected chi connectivity index (χ1v) is 6.04. The van der Waals surface area contributed by atoms with Crippen molar-refractivity contribution in [2.75, 3.05) is 6.54 Å². The van der Waals surface area contributed by atoms with Gasteiger partial charge in [0.25, 0.3) is 0 Å². The minimum Gasteiger partial charge on any atom is -0.339 e. The van der Waals surface area contributed by atoms with Crippen molar-refractivity contribution in [3.05, 3.63) is 23.8 Å². The predicted octanol–water partition coefficient (Wildman–Crippen LogP) is 1.38. The van der Waals surface area contributed by atoms with E-state index in [1.165, 1.54) is 0 Å². The maximum atomic E-state index is 5.19. The van der Waals surface area contributed by atoms with E-state index in [9.17, 15) is 0 Å². The minimum absolute atomic E-state index is 0.308. The Kier molecular flexibility index (Phi) is 3.99. The number of aryl methyl sites for hydroxylation is 1. The topological polar surface area (TPSA) is 76.7 Å². The van der Waals surface area contributed by atoms with Gasteiger partial charge in [0.1, 0.15) is 0 Å². The average Bonchev–Trinajstić information content (AvgIpc) is 2.78. The summed E-state index contributed by atoms with van der Waals surface area (Å²) in [5.41, 5.74) is 1.00. The number of nitrogens with one attached hydrogen (secondary N) is 1. The highest BCUT2D eigenvalue weighted by Crippen LogP contribution is 2.11. The highest BCUT2D eigenvalue weighted by molar-refractivity contribution is 5.40. The molecule has 2 aromatic heterocycles. The summed E-state index contributed by atoms with van der Waals surface area (Å²) in [5, 5.41) is 7.18. The lowest BCUT2D eigenvalue weighted by molar-refractivity contribution is 0.363. The molecule has 1 N–H and O–H groups in total. The molecule has 6 nitrogen and oxygen atoms in total. The van der Waals surface area contributed by atoms with Crippen LogP contribution in [0.25, 0.3) is 11.6 Å². The zero-order chi connectivity index (χ0) is 13.0. The minimum atomic E-state index is 0.308. The van der Waals surface area contributed by atoms with E-state index < -0.39 is 0 Å². The van der Waals surface area contributed by atoms with Gasteiger partial charge in [-0.2, -0.15) is 4.98 Å². The molecule has 0 amide bonds. The average molecular weight is 247 g/mol. The lowest BCUT2D eigenvalue weighted by Gasteiger charge is -2.07. The molecule has 0 aromatic carbocycles. The van der Waals surface area contributed by atoms with Gasteiger partial charge < -0.3 is 9.84 Å². The third kappa shape index (κ3) is 3.10. The van der Waals surface area contributed by atoms with Crippen LogP contribution in [0.5, 0.6) is 0 Å². The molecule has 1 atom stereocenters. The molecule has 0 aliphatic rings. The lowest BCUT2D eigenvalue weighted by atomic mass is 10.2. The van der Waals surface area contributed by atoms with Gasteiger partial charge in [-0.25, -0.2) is 9.97 Å². The Bertz CT molecular complexity index is 493. The van der Waals surface area contributed by atoms with Crippen LogP contribution in [0.2, 0.25) is 0 Å². The summed E-state index contributed by atoms with van der Waals surface area (Å²) in [7, 11) is 0. The van der Waals surface area contributed by atoms with Crippen LogP contribution in [0, 0.1) is 6.92 Å². The van der Waals surface area contributed by atoms with E-state index >= 15 is 0 Å². The van der Waals surface area contributed by atoms with Crippen LogP contribution in [-0.4, -0.2) is 32.7 Å². The van der Waals surface area contributed by atoms with Gasteiger partial charge >= 0.3 is 0 Å². The first kappa shape index (κ1) is 12.6. The SMILES string of the molecule is CCNC(C)Cc1nc(-c2ncc(C)cn2)no1. The van der Waals surface area contributed by atoms with Gasteiger partial charge in [-0.1, -0.05) is 12.1 Å². The van der Waals surface area contributed by atoms with Crippen molar-refractivity contribution in [3.8, 4) is 11.6 Å². The van der Waals surface area contributed by atoms with E-state index in [1.54, 1.807) is 12.4 Å². The van der Waals surface area contributed by atoms with Crippen molar-refractivity contribution in [1.29, 1.82) is 0 Å². The standard InChI is InChI=1S/C12H17N5O/c1-4-13-9(3)5-10-16-12(17-18-10)11-14-6-8(2)7-15-11/h6-7,9,13H,4-5H2,1-3H3. The molecule has 0 saturated heterocycles. The molecule has 6 heteroatoms. The number of likely N-dealkylation sites (N-methyl/N-ethyl adjacent to an activating group) is 1. The van der Waals surface area contributed by atoms with Crippen molar-refractivity contribution < 1.29 is 4.52 Å². The number of hydrogen-bond donors (Lipinski definition) is 1. The van der Waals surface area contributed by atoms with Crippen LogP contribution in [0.4, 0.5) is 0 Å². The zero-order valence-electron chi connectivity index (χ0n) is 10.8. The fraction of sp³-hybridized carbons (Fsp3) is 0.500. The van der Waals surface area contributed by atoms with Gasteiger partial charge in [0.2, 0.25) is 17.5 Å². The van der Waals surface area contributed by atoms with E-state index in [0.717, 1.165) is 12.1 Å². The van der Waals surface area contributed by atoms with Crippen LogP contribution in [0.1, 0.15) is 25.3 Å². The van der Waals surface area contributed by atoms with Crippen molar-refractivity contribution in [2.24, 2.45) is 0 Å². The summed E-state index contributed by atoms with van der Waals surface area (Å²) >= 11 is 0. The van der Waals surface area contributed by atoms with E-state index in [2.05, 4.69) is 39.3 Å². The Morgan fingerprint density at radius 2 is 2.00 bits per heavy atom. The van der Waals surface area contributed by atoms with Crippen molar-refractivity contribution in [2.45, 2.75) is 33.2 Å². The Morgan fingerprint density at radius 3 is 2.67 bits per heavy atom. The van der Waals surface area contributed by atoms with Crippen molar-refractivity contribution in [1.82, 2.24) is 25.4 Å².